The number of carbonyl (C=O) groups is 1. The van der Waals surface area contributed by atoms with Crippen LogP contribution in [0.2, 0.25) is 5.02 Å². The van der Waals surface area contributed by atoms with Crippen LogP contribution in [0.15, 0.2) is 30.3 Å². The molecule has 0 aliphatic rings. The Morgan fingerprint density at radius 3 is 2.34 bits per heavy atom. The van der Waals surface area contributed by atoms with Crippen LogP contribution in [0.1, 0.15) is 18.3 Å². The molecule has 3 rings (SSSR count). The molecule has 1 heterocycles. The van der Waals surface area contributed by atoms with Crippen LogP contribution in [0.25, 0.3) is 11.0 Å². The second-order valence-corrected chi connectivity index (χ2v) is 6.75. The van der Waals surface area contributed by atoms with E-state index in [0.29, 0.717) is 10.6 Å². The van der Waals surface area contributed by atoms with Gasteiger partial charge in [-0.3, -0.25) is 4.79 Å². The lowest BCUT2D eigenvalue weighted by atomic mass is 10.2. The van der Waals surface area contributed by atoms with Gasteiger partial charge >= 0.3 is 18.3 Å². The Balaban J connectivity index is 2.05. The van der Waals surface area contributed by atoms with Crippen molar-refractivity contribution < 1.29 is 45.0 Å². The topological polar surface area (TPSA) is 53.4 Å². The SMILES string of the molecule is CCOC(=O)Cn1c(C(F)(F)F)nc2ccc(Oc3c(F)cc(C(F)(F)F)cc3Cl)cc21. The number of carbonyl (C=O) groups excluding carboxylic acids is 1. The first kappa shape index (κ1) is 23.6. The number of halogens is 8. The monoisotopic (exact) mass is 484 g/mol. The van der Waals surface area contributed by atoms with Gasteiger partial charge in [0.25, 0.3) is 0 Å². The minimum Gasteiger partial charge on any atom is -0.465 e. The smallest absolute Gasteiger partial charge is 0.449 e. The molecule has 13 heteroatoms. The van der Waals surface area contributed by atoms with Crippen molar-refractivity contribution in [1.29, 1.82) is 0 Å². The highest BCUT2D eigenvalue weighted by Crippen LogP contribution is 2.39. The molecule has 2 aromatic carbocycles. The number of rotatable bonds is 5. The van der Waals surface area contributed by atoms with E-state index in [0.717, 1.165) is 18.2 Å². The molecule has 1 aromatic heterocycles. The molecular weight excluding hydrogens is 473 g/mol. The second kappa shape index (κ2) is 8.49. The number of hydrogen-bond donors (Lipinski definition) is 0. The van der Waals surface area contributed by atoms with Crippen molar-refractivity contribution in [2.45, 2.75) is 25.8 Å². The van der Waals surface area contributed by atoms with Gasteiger partial charge in [0.05, 0.1) is 28.2 Å². The predicted octanol–water partition coefficient (Wildman–Crippen LogP) is 6.22. The molecule has 0 aliphatic carbocycles. The Morgan fingerprint density at radius 1 is 1.09 bits per heavy atom. The Hall–Kier alpha value is -3.02. The maximum absolute atomic E-state index is 14.2. The van der Waals surface area contributed by atoms with E-state index in [1.54, 1.807) is 0 Å². The number of fused-ring (bicyclic) bond motifs is 1. The number of esters is 1. The molecule has 0 amide bonds. The number of benzene rings is 2. The lowest BCUT2D eigenvalue weighted by Crippen LogP contribution is -2.20. The van der Waals surface area contributed by atoms with Gasteiger partial charge in [-0.2, -0.15) is 26.3 Å². The average Bonchev–Trinajstić information content (AvgIpc) is 3.02. The lowest BCUT2D eigenvalue weighted by Gasteiger charge is -2.13. The molecule has 0 aliphatic heterocycles. The van der Waals surface area contributed by atoms with Crippen LogP contribution in [-0.2, 0) is 28.4 Å². The molecule has 0 fully saturated rings. The number of alkyl halides is 6. The molecule has 0 spiro atoms. The minimum atomic E-state index is -4.91. The van der Waals surface area contributed by atoms with Crippen molar-refractivity contribution in [3.8, 4) is 11.5 Å². The van der Waals surface area contributed by atoms with E-state index in [-0.39, 0.29) is 29.5 Å². The minimum absolute atomic E-state index is 0.0626. The van der Waals surface area contributed by atoms with Gasteiger partial charge in [-0.25, -0.2) is 9.37 Å². The van der Waals surface area contributed by atoms with Gasteiger partial charge in [0.1, 0.15) is 12.3 Å². The lowest BCUT2D eigenvalue weighted by molar-refractivity contribution is -0.150. The van der Waals surface area contributed by atoms with Crippen LogP contribution in [0.4, 0.5) is 30.7 Å². The summed E-state index contributed by atoms with van der Waals surface area (Å²) >= 11 is 5.72. The predicted molar refractivity (Wildman–Crippen MR) is 97.9 cm³/mol. The summed E-state index contributed by atoms with van der Waals surface area (Å²) in [7, 11) is 0. The highest BCUT2D eigenvalue weighted by atomic mass is 35.5. The van der Waals surface area contributed by atoms with E-state index < -0.39 is 52.8 Å². The van der Waals surface area contributed by atoms with Crippen LogP contribution in [0.3, 0.4) is 0 Å². The van der Waals surface area contributed by atoms with Crippen LogP contribution < -0.4 is 4.74 Å². The van der Waals surface area contributed by atoms with Crippen molar-refractivity contribution in [3.63, 3.8) is 0 Å². The zero-order chi connectivity index (χ0) is 23.8. The summed E-state index contributed by atoms with van der Waals surface area (Å²) in [6.07, 6.45) is -9.76. The van der Waals surface area contributed by atoms with Crippen LogP contribution in [-0.4, -0.2) is 22.1 Å². The molecule has 32 heavy (non-hydrogen) atoms. The zero-order valence-electron chi connectivity index (χ0n) is 15.9. The first-order chi connectivity index (χ1) is 14.8. The van der Waals surface area contributed by atoms with Gasteiger partial charge in [-0.15, -0.1) is 0 Å². The molecule has 0 atom stereocenters. The van der Waals surface area contributed by atoms with E-state index in [1.807, 2.05) is 0 Å². The van der Waals surface area contributed by atoms with E-state index in [9.17, 15) is 35.5 Å². The van der Waals surface area contributed by atoms with Gasteiger partial charge in [-0.1, -0.05) is 11.6 Å². The molecule has 5 nitrogen and oxygen atoms in total. The summed E-state index contributed by atoms with van der Waals surface area (Å²) in [4.78, 5) is 15.3. The van der Waals surface area contributed by atoms with E-state index in [1.165, 1.54) is 6.92 Å². The maximum Gasteiger partial charge on any atom is 0.449 e. The molecule has 0 saturated carbocycles. The van der Waals surface area contributed by atoms with Gasteiger partial charge in [0.2, 0.25) is 5.82 Å². The Morgan fingerprint density at radius 2 is 1.78 bits per heavy atom. The van der Waals surface area contributed by atoms with E-state index >= 15 is 0 Å². The summed E-state index contributed by atoms with van der Waals surface area (Å²) in [5.41, 5.74) is -1.70. The summed E-state index contributed by atoms with van der Waals surface area (Å²) in [6, 6.07) is 3.87. The Labute approximate surface area is 180 Å². The highest BCUT2D eigenvalue weighted by Gasteiger charge is 2.38. The third kappa shape index (κ3) is 4.90. The number of imidazole rings is 1. The Kier molecular flexibility index (Phi) is 6.27. The van der Waals surface area contributed by atoms with Crippen LogP contribution in [0, 0.1) is 5.82 Å². The van der Waals surface area contributed by atoms with Crippen molar-refractivity contribution >= 4 is 28.6 Å². The standard InChI is InChI=1S/C19H12ClF7N2O3/c1-2-31-15(30)8-29-14-7-10(3-4-13(14)28-17(29)19(25,26)27)32-16-11(20)5-9(6-12(16)21)18(22,23)24/h3-7H,2,8H2,1H3. The summed E-state index contributed by atoms with van der Waals surface area (Å²) in [5, 5.41) is -0.701. The average molecular weight is 485 g/mol. The fourth-order valence-corrected chi connectivity index (χ4v) is 3.06. The second-order valence-electron chi connectivity index (χ2n) is 6.34. The first-order valence-electron chi connectivity index (χ1n) is 8.78. The van der Waals surface area contributed by atoms with Gasteiger partial charge in [0.15, 0.2) is 11.6 Å². The fraction of sp³-hybridized carbons (Fsp3) is 0.263. The molecule has 0 unspecified atom stereocenters. The molecular formula is C19H12ClF7N2O3. The van der Waals surface area contributed by atoms with Gasteiger partial charge in [0, 0.05) is 6.07 Å². The number of nitrogens with zero attached hydrogens (tertiary/aromatic N) is 2. The van der Waals surface area contributed by atoms with E-state index in [4.69, 9.17) is 16.3 Å². The van der Waals surface area contributed by atoms with Gasteiger partial charge in [-0.05, 0) is 31.2 Å². The first-order valence-corrected chi connectivity index (χ1v) is 9.16. The third-order valence-corrected chi connectivity index (χ3v) is 4.39. The van der Waals surface area contributed by atoms with Crippen molar-refractivity contribution in [3.05, 3.63) is 52.6 Å². The molecule has 0 N–H and O–H groups in total. The summed E-state index contributed by atoms with van der Waals surface area (Å²) in [5.74, 6) is -4.78. The van der Waals surface area contributed by atoms with E-state index in [2.05, 4.69) is 9.72 Å². The van der Waals surface area contributed by atoms with Crippen molar-refractivity contribution in [2.24, 2.45) is 0 Å². The normalized spacial score (nSPS) is 12.3. The molecule has 0 bridgehead atoms. The number of aromatic nitrogens is 2. The summed E-state index contributed by atoms with van der Waals surface area (Å²) < 4.78 is 103. The Bertz CT molecular complexity index is 1150. The van der Waals surface area contributed by atoms with Crippen LogP contribution in [0.5, 0.6) is 11.5 Å². The van der Waals surface area contributed by atoms with Crippen molar-refractivity contribution in [2.75, 3.05) is 6.61 Å². The van der Waals surface area contributed by atoms with Crippen molar-refractivity contribution in [1.82, 2.24) is 9.55 Å². The third-order valence-electron chi connectivity index (χ3n) is 4.11. The quantitative estimate of drug-likeness (QED) is 0.318. The highest BCUT2D eigenvalue weighted by molar-refractivity contribution is 6.32. The zero-order valence-corrected chi connectivity index (χ0v) is 16.7. The largest absolute Gasteiger partial charge is 0.465 e. The fourth-order valence-electron chi connectivity index (χ4n) is 2.82. The van der Waals surface area contributed by atoms with Gasteiger partial charge < -0.3 is 14.0 Å². The molecule has 0 radical (unpaired) electrons. The summed E-state index contributed by atoms with van der Waals surface area (Å²) in [6.45, 7) is 0.591. The number of ether oxygens (including phenoxy) is 2. The number of hydrogen-bond acceptors (Lipinski definition) is 4. The molecule has 0 saturated heterocycles. The molecule has 3 aromatic rings. The maximum atomic E-state index is 14.2. The van der Waals surface area contributed by atoms with Crippen LogP contribution >= 0.6 is 11.6 Å². The molecule has 172 valence electrons.